The van der Waals surface area contributed by atoms with Crippen LogP contribution in [-0.2, 0) is 4.79 Å². The van der Waals surface area contributed by atoms with E-state index in [1.165, 1.54) is 0 Å². The zero-order chi connectivity index (χ0) is 18.1. The minimum Gasteiger partial charge on any atom is -0.493 e. The number of para-hydroxylation sites is 1. The van der Waals surface area contributed by atoms with Gasteiger partial charge in [-0.15, -0.1) is 0 Å². The third-order valence-electron chi connectivity index (χ3n) is 4.34. The van der Waals surface area contributed by atoms with Crippen LogP contribution in [0.4, 0.5) is 5.82 Å². The zero-order valence-corrected chi connectivity index (χ0v) is 14.7. The average Bonchev–Trinajstić information content (AvgIpc) is 3.11. The van der Waals surface area contributed by atoms with Gasteiger partial charge in [-0.3, -0.25) is 9.89 Å². The van der Waals surface area contributed by atoms with E-state index in [0.717, 1.165) is 11.1 Å². The Bertz CT molecular complexity index is 970. The second-order valence-electron chi connectivity index (χ2n) is 5.94. The number of halogens is 1. The van der Waals surface area contributed by atoms with Crippen molar-refractivity contribution in [2.45, 2.75) is 12.3 Å². The third-order valence-corrected chi connectivity index (χ3v) is 4.65. The Kier molecular flexibility index (Phi) is 4.26. The Morgan fingerprint density at radius 3 is 2.81 bits per heavy atom. The molecule has 1 amide bonds. The van der Waals surface area contributed by atoms with Crippen molar-refractivity contribution in [3.8, 4) is 17.2 Å². The monoisotopic (exact) mass is 369 g/mol. The number of aromatic amines is 1. The summed E-state index contributed by atoms with van der Waals surface area (Å²) in [5, 5.41) is 10.2. The number of H-pyrrole nitrogens is 1. The van der Waals surface area contributed by atoms with Crippen LogP contribution in [0, 0.1) is 0 Å². The van der Waals surface area contributed by atoms with Gasteiger partial charge in [0.1, 0.15) is 5.75 Å². The summed E-state index contributed by atoms with van der Waals surface area (Å²) in [6.07, 6.45) is 2.15. The van der Waals surface area contributed by atoms with Crippen molar-refractivity contribution in [2.24, 2.45) is 0 Å². The maximum absolute atomic E-state index is 12.0. The first-order valence-corrected chi connectivity index (χ1v) is 8.47. The van der Waals surface area contributed by atoms with Gasteiger partial charge in [-0.25, -0.2) is 0 Å². The average molecular weight is 370 g/mol. The van der Waals surface area contributed by atoms with Crippen molar-refractivity contribution in [1.82, 2.24) is 10.2 Å². The topological polar surface area (TPSA) is 76.2 Å². The molecule has 0 spiro atoms. The van der Waals surface area contributed by atoms with Crippen LogP contribution in [0.3, 0.4) is 0 Å². The maximum atomic E-state index is 12.0. The molecule has 0 aliphatic carbocycles. The van der Waals surface area contributed by atoms with Crippen LogP contribution in [0.5, 0.6) is 17.2 Å². The molecule has 2 N–H and O–H groups in total. The van der Waals surface area contributed by atoms with Crippen LogP contribution in [0.25, 0.3) is 0 Å². The normalized spacial score (nSPS) is 15.9. The predicted octanol–water partition coefficient (Wildman–Crippen LogP) is 4.34. The molecule has 0 bridgehead atoms. The molecule has 7 heteroatoms. The molecule has 0 radical (unpaired) electrons. The Morgan fingerprint density at radius 1 is 1.15 bits per heavy atom. The number of carbonyl (C=O) groups excluding carboxylic acids is 1. The molecule has 6 nitrogen and oxygen atoms in total. The van der Waals surface area contributed by atoms with Gasteiger partial charge in [-0.1, -0.05) is 29.8 Å². The zero-order valence-electron chi connectivity index (χ0n) is 14.0. The van der Waals surface area contributed by atoms with E-state index in [-0.39, 0.29) is 11.8 Å². The molecule has 0 saturated heterocycles. The fraction of sp³-hybridized carbons (Fsp3) is 0.158. The van der Waals surface area contributed by atoms with E-state index in [9.17, 15) is 4.79 Å². The molecular weight excluding hydrogens is 354 g/mol. The number of amides is 1. The van der Waals surface area contributed by atoms with Crippen molar-refractivity contribution < 1.29 is 14.3 Å². The van der Waals surface area contributed by atoms with Crippen molar-refractivity contribution in [3.05, 3.63) is 64.8 Å². The second kappa shape index (κ2) is 6.72. The van der Waals surface area contributed by atoms with Gasteiger partial charge < -0.3 is 14.8 Å². The molecule has 2 aromatic carbocycles. The number of fused-ring (bicyclic) bond motifs is 1. The molecule has 1 aliphatic heterocycles. The third kappa shape index (κ3) is 2.99. The summed E-state index contributed by atoms with van der Waals surface area (Å²) in [6, 6.07) is 12.9. The predicted molar refractivity (Wildman–Crippen MR) is 98.2 cm³/mol. The van der Waals surface area contributed by atoms with Gasteiger partial charge in [-0.2, -0.15) is 5.10 Å². The summed E-state index contributed by atoms with van der Waals surface area (Å²) in [7, 11) is 1.58. The van der Waals surface area contributed by atoms with Crippen molar-refractivity contribution >= 4 is 23.3 Å². The van der Waals surface area contributed by atoms with E-state index in [1.54, 1.807) is 25.4 Å². The summed E-state index contributed by atoms with van der Waals surface area (Å²) < 4.78 is 11.4. The number of hydrogen-bond donors (Lipinski definition) is 2. The highest BCUT2D eigenvalue weighted by Crippen LogP contribution is 2.41. The molecule has 3 aromatic rings. The van der Waals surface area contributed by atoms with E-state index in [1.807, 2.05) is 30.3 Å². The first-order valence-electron chi connectivity index (χ1n) is 8.09. The Labute approximate surface area is 155 Å². The molecule has 4 rings (SSSR count). The molecule has 1 aliphatic rings. The smallest absolute Gasteiger partial charge is 0.226 e. The Balaban J connectivity index is 1.68. The molecule has 0 saturated carbocycles. The van der Waals surface area contributed by atoms with E-state index in [2.05, 4.69) is 15.5 Å². The van der Waals surface area contributed by atoms with Crippen LogP contribution >= 0.6 is 11.6 Å². The van der Waals surface area contributed by atoms with Gasteiger partial charge in [0.15, 0.2) is 17.3 Å². The minimum atomic E-state index is -0.0965. The summed E-state index contributed by atoms with van der Waals surface area (Å²) >= 11 is 6.16. The van der Waals surface area contributed by atoms with E-state index in [0.29, 0.717) is 34.5 Å². The minimum absolute atomic E-state index is 0.0649. The van der Waals surface area contributed by atoms with Gasteiger partial charge in [0.25, 0.3) is 0 Å². The Morgan fingerprint density at radius 2 is 2.00 bits per heavy atom. The van der Waals surface area contributed by atoms with Gasteiger partial charge in [0.05, 0.1) is 12.1 Å². The largest absolute Gasteiger partial charge is 0.493 e. The first-order chi connectivity index (χ1) is 12.7. The molecule has 132 valence electrons. The first kappa shape index (κ1) is 16.5. The number of nitrogens with zero attached hydrogens (tertiary/aromatic N) is 1. The summed E-state index contributed by atoms with van der Waals surface area (Å²) in [6.45, 7) is 0. The molecule has 1 aromatic heterocycles. The standard InChI is InChI=1S/C19H16ClN3O3/c1-25-17-8-11(12-9-18(24)22-19-13(12)10-21-23-19)6-7-16(17)26-15-5-3-2-4-14(15)20/h2-8,10,12H,9H2,1H3,(H2,21,22,23,24). The number of benzene rings is 2. The lowest BCUT2D eigenvalue weighted by Gasteiger charge is -2.23. The number of carbonyl (C=O) groups is 1. The summed E-state index contributed by atoms with van der Waals surface area (Å²) in [5.41, 5.74) is 1.90. The van der Waals surface area contributed by atoms with E-state index in [4.69, 9.17) is 21.1 Å². The lowest BCUT2D eigenvalue weighted by Crippen LogP contribution is -2.22. The molecule has 2 heterocycles. The molecule has 1 unspecified atom stereocenters. The van der Waals surface area contributed by atoms with E-state index >= 15 is 0 Å². The van der Waals surface area contributed by atoms with Gasteiger partial charge in [-0.05, 0) is 29.8 Å². The van der Waals surface area contributed by atoms with Crippen molar-refractivity contribution in [3.63, 3.8) is 0 Å². The molecule has 1 atom stereocenters. The number of aromatic nitrogens is 2. The fourth-order valence-electron chi connectivity index (χ4n) is 3.07. The molecular formula is C19H16ClN3O3. The highest BCUT2D eigenvalue weighted by Gasteiger charge is 2.29. The van der Waals surface area contributed by atoms with Gasteiger partial charge >= 0.3 is 0 Å². The van der Waals surface area contributed by atoms with Crippen LogP contribution in [0.1, 0.15) is 23.5 Å². The molecule has 26 heavy (non-hydrogen) atoms. The quantitative estimate of drug-likeness (QED) is 0.717. The lowest BCUT2D eigenvalue weighted by atomic mass is 9.87. The highest BCUT2D eigenvalue weighted by molar-refractivity contribution is 6.32. The van der Waals surface area contributed by atoms with E-state index < -0.39 is 0 Å². The number of ether oxygens (including phenoxy) is 2. The molecule has 0 fully saturated rings. The van der Waals surface area contributed by atoms with Gasteiger partial charge in [0, 0.05) is 24.1 Å². The van der Waals surface area contributed by atoms with Crippen molar-refractivity contribution in [2.75, 3.05) is 12.4 Å². The van der Waals surface area contributed by atoms with Gasteiger partial charge in [0.2, 0.25) is 5.91 Å². The van der Waals surface area contributed by atoms with Crippen LogP contribution in [0.15, 0.2) is 48.7 Å². The Hall–Kier alpha value is -2.99. The lowest BCUT2D eigenvalue weighted by molar-refractivity contribution is -0.116. The highest BCUT2D eigenvalue weighted by atomic mass is 35.5. The van der Waals surface area contributed by atoms with Crippen molar-refractivity contribution in [1.29, 1.82) is 0 Å². The second-order valence-corrected chi connectivity index (χ2v) is 6.34. The SMILES string of the molecule is COc1cc(C2CC(=O)Nc3n[nH]cc32)ccc1Oc1ccccc1Cl. The van der Waals surface area contributed by atoms with Crippen LogP contribution in [-0.4, -0.2) is 23.2 Å². The number of nitrogens with one attached hydrogen (secondary N) is 2. The van der Waals surface area contributed by atoms with Crippen LogP contribution in [0.2, 0.25) is 5.02 Å². The number of hydrogen-bond acceptors (Lipinski definition) is 4. The maximum Gasteiger partial charge on any atom is 0.226 e. The van der Waals surface area contributed by atoms with Crippen LogP contribution < -0.4 is 14.8 Å². The fourth-order valence-corrected chi connectivity index (χ4v) is 3.25. The summed E-state index contributed by atoms with van der Waals surface area (Å²) in [5.74, 6) is 2.08. The summed E-state index contributed by atoms with van der Waals surface area (Å²) in [4.78, 5) is 12.0. The number of anilines is 1. The number of methoxy groups -OCH3 is 1. The number of rotatable bonds is 4.